The van der Waals surface area contributed by atoms with Crippen LogP contribution in [0.4, 0.5) is 0 Å². The smallest absolute Gasteiger partial charge is 0.0587 e. The summed E-state index contributed by atoms with van der Waals surface area (Å²) < 4.78 is 0.340. The summed E-state index contributed by atoms with van der Waals surface area (Å²) in [5.41, 5.74) is 9.41. The third-order valence-corrected chi connectivity index (χ3v) is 6.22. The maximum absolute atomic E-state index is 6.32. The zero-order valence-corrected chi connectivity index (χ0v) is 13.5. The van der Waals surface area contributed by atoms with Gasteiger partial charge in [-0.05, 0) is 44.2 Å². The molecule has 20 heavy (non-hydrogen) atoms. The zero-order chi connectivity index (χ0) is 14.2. The first-order valence-corrected chi connectivity index (χ1v) is 8.73. The van der Waals surface area contributed by atoms with Gasteiger partial charge in [0.15, 0.2) is 0 Å². The molecule has 2 aliphatic rings. The number of hydrogen-bond acceptors (Lipinski definition) is 3. The van der Waals surface area contributed by atoms with Crippen LogP contribution in [0.2, 0.25) is 0 Å². The number of rotatable bonds is 2. The lowest BCUT2D eigenvalue weighted by atomic mass is 9.75. The number of fused-ring (bicyclic) bond motifs is 1. The number of hydrogen-bond donors (Lipinski definition) is 1. The number of aryl methyl sites for hydroxylation is 1. The average molecular weight is 290 g/mol. The second kappa shape index (κ2) is 5.36. The molecule has 1 aromatic rings. The van der Waals surface area contributed by atoms with Crippen molar-refractivity contribution >= 4 is 11.8 Å². The predicted molar refractivity (Wildman–Crippen MR) is 88.2 cm³/mol. The molecule has 2 nitrogen and oxygen atoms in total. The monoisotopic (exact) mass is 290 g/mol. The van der Waals surface area contributed by atoms with Crippen molar-refractivity contribution < 1.29 is 0 Å². The normalized spacial score (nSPS) is 29.9. The summed E-state index contributed by atoms with van der Waals surface area (Å²) >= 11 is 2.10. The van der Waals surface area contributed by atoms with Crippen LogP contribution in [0.1, 0.15) is 37.8 Å². The first-order valence-electron chi connectivity index (χ1n) is 7.75. The Kier molecular flexibility index (Phi) is 3.87. The fourth-order valence-electron chi connectivity index (χ4n) is 3.95. The first-order chi connectivity index (χ1) is 9.57. The van der Waals surface area contributed by atoms with Gasteiger partial charge in [0.05, 0.1) is 5.54 Å². The molecule has 0 aromatic heterocycles. The van der Waals surface area contributed by atoms with Crippen LogP contribution in [-0.4, -0.2) is 35.0 Å². The molecule has 1 saturated heterocycles. The van der Waals surface area contributed by atoms with E-state index in [1.165, 1.54) is 42.7 Å². The maximum Gasteiger partial charge on any atom is 0.0587 e. The van der Waals surface area contributed by atoms with Crippen molar-refractivity contribution in [1.29, 1.82) is 0 Å². The first kappa shape index (κ1) is 14.4. The molecule has 110 valence electrons. The van der Waals surface area contributed by atoms with Crippen LogP contribution in [0.25, 0.3) is 0 Å². The largest absolute Gasteiger partial charge is 0.328 e. The van der Waals surface area contributed by atoms with E-state index in [-0.39, 0.29) is 5.54 Å². The van der Waals surface area contributed by atoms with Crippen LogP contribution in [0, 0.1) is 0 Å². The molecule has 1 unspecified atom stereocenters. The predicted octanol–water partition coefficient (Wildman–Crippen LogP) is 3.00. The van der Waals surface area contributed by atoms with Crippen molar-refractivity contribution in [2.75, 3.05) is 25.4 Å². The summed E-state index contributed by atoms with van der Waals surface area (Å²) in [5.74, 6) is 1.22. The van der Waals surface area contributed by atoms with Gasteiger partial charge in [-0.25, -0.2) is 0 Å². The minimum atomic E-state index is 0.0765. The number of benzene rings is 1. The third-order valence-electron chi connectivity index (χ3n) is 4.92. The van der Waals surface area contributed by atoms with Crippen LogP contribution >= 0.6 is 11.8 Å². The highest BCUT2D eigenvalue weighted by Gasteiger charge is 2.43. The van der Waals surface area contributed by atoms with Gasteiger partial charge in [-0.15, -0.1) is 0 Å². The topological polar surface area (TPSA) is 29.3 Å². The fourth-order valence-corrected chi connectivity index (χ4v) is 5.06. The van der Waals surface area contributed by atoms with Crippen LogP contribution < -0.4 is 5.73 Å². The molecule has 1 aliphatic carbocycles. The number of nitrogens with two attached hydrogens (primary N) is 1. The quantitative estimate of drug-likeness (QED) is 0.908. The maximum atomic E-state index is 6.32. The summed E-state index contributed by atoms with van der Waals surface area (Å²) in [5, 5.41) is 0. The average Bonchev–Trinajstić information content (AvgIpc) is 2.45. The highest BCUT2D eigenvalue weighted by Crippen LogP contribution is 2.43. The Morgan fingerprint density at radius 1 is 1.30 bits per heavy atom. The molecular weight excluding hydrogens is 264 g/mol. The van der Waals surface area contributed by atoms with E-state index >= 15 is 0 Å². The lowest BCUT2D eigenvalue weighted by Gasteiger charge is -2.51. The highest BCUT2D eigenvalue weighted by atomic mass is 32.2. The Morgan fingerprint density at radius 2 is 2.10 bits per heavy atom. The van der Waals surface area contributed by atoms with Crippen LogP contribution in [0.15, 0.2) is 24.3 Å². The molecule has 0 saturated carbocycles. The summed E-state index contributed by atoms with van der Waals surface area (Å²) in [6.45, 7) is 7.78. The van der Waals surface area contributed by atoms with Gasteiger partial charge < -0.3 is 5.73 Å². The molecule has 2 N–H and O–H groups in total. The lowest BCUT2D eigenvalue weighted by Crippen LogP contribution is -2.58. The zero-order valence-electron chi connectivity index (χ0n) is 12.7. The fraction of sp³-hybridized carbons (Fsp3) is 0.647. The van der Waals surface area contributed by atoms with Crippen LogP contribution in [0.5, 0.6) is 0 Å². The van der Waals surface area contributed by atoms with E-state index in [9.17, 15) is 0 Å². The van der Waals surface area contributed by atoms with Gasteiger partial charge in [0, 0.05) is 30.1 Å². The Bertz CT molecular complexity index is 486. The van der Waals surface area contributed by atoms with Crippen molar-refractivity contribution in [2.24, 2.45) is 5.73 Å². The van der Waals surface area contributed by atoms with E-state index in [2.05, 4.69) is 54.8 Å². The molecular formula is C17H26N2S. The molecule has 3 rings (SSSR count). The van der Waals surface area contributed by atoms with E-state index in [1.54, 1.807) is 0 Å². The Balaban J connectivity index is 2.00. The molecule has 0 radical (unpaired) electrons. The van der Waals surface area contributed by atoms with Gasteiger partial charge in [0.1, 0.15) is 0 Å². The molecule has 0 bridgehead atoms. The Morgan fingerprint density at radius 3 is 2.85 bits per heavy atom. The van der Waals surface area contributed by atoms with Gasteiger partial charge in [-0.1, -0.05) is 24.3 Å². The van der Waals surface area contributed by atoms with Gasteiger partial charge in [-0.2, -0.15) is 11.8 Å². The van der Waals surface area contributed by atoms with Crippen molar-refractivity contribution in [3.05, 3.63) is 35.4 Å². The second-order valence-corrected chi connectivity index (χ2v) is 8.58. The van der Waals surface area contributed by atoms with Crippen molar-refractivity contribution in [3.8, 4) is 0 Å². The molecule has 1 aromatic carbocycles. The lowest BCUT2D eigenvalue weighted by molar-refractivity contribution is 0.0689. The van der Waals surface area contributed by atoms with Crippen molar-refractivity contribution in [1.82, 2.24) is 4.90 Å². The Labute approximate surface area is 127 Å². The molecule has 0 amide bonds. The van der Waals surface area contributed by atoms with Gasteiger partial charge in [-0.3, -0.25) is 4.90 Å². The van der Waals surface area contributed by atoms with Crippen molar-refractivity contribution in [3.63, 3.8) is 0 Å². The van der Waals surface area contributed by atoms with Gasteiger partial charge in [0.2, 0.25) is 0 Å². The molecule has 0 spiro atoms. The van der Waals surface area contributed by atoms with Crippen molar-refractivity contribution in [2.45, 2.75) is 43.4 Å². The molecule has 1 heterocycles. The Hall–Kier alpha value is -0.510. The highest BCUT2D eigenvalue weighted by molar-refractivity contribution is 8.00. The summed E-state index contributed by atoms with van der Waals surface area (Å²) in [6.07, 6.45) is 3.68. The summed E-state index contributed by atoms with van der Waals surface area (Å²) in [7, 11) is 0. The van der Waals surface area contributed by atoms with Gasteiger partial charge >= 0.3 is 0 Å². The number of nitrogens with zero attached hydrogens (tertiary/aromatic N) is 1. The summed E-state index contributed by atoms with van der Waals surface area (Å²) in [6, 6.07) is 8.96. The van der Waals surface area contributed by atoms with Crippen LogP contribution in [-0.2, 0) is 12.0 Å². The van der Waals surface area contributed by atoms with E-state index in [1.807, 2.05) is 0 Å². The standard InChI is InChI=1S/C17H26N2S/c1-16(2)13-19(10-11-20-16)17(12-18)9-5-7-14-6-3-4-8-15(14)17/h3-4,6,8H,5,7,9-13,18H2,1-2H3. The minimum Gasteiger partial charge on any atom is -0.328 e. The molecule has 3 heteroatoms. The molecule has 1 atom stereocenters. The summed E-state index contributed by atoms with van der Waals surface area (Å²) in [4.78, 5) is 2.68. The van der Waals surface area contributed by atoms with E-state index < -0.39 is 0 Å². The third kappa shape index (κ3) is 2.40. The van der Waals surface area contributed by atoms with E-state index in [0.717, 1.165) is 13.1 Å². The van der Waals surface area contributed by atoms with Gasteiger partial charge in [0.25, 0.3) is 0 Å². The SMILES string of the molecule is CC1(C)CN(C2(CN)CCCc3ccccc32)CCS1. The second-order valence-electron chi connectivity index (χ2n) is 6.78. The van der Waals surface area contributed by atoms with E-state index in [0.29, 0.717) is 4.75 Å². The number of thioether (sulfide) groups is 1. The molecule has 1 fully saturated rings. The molecule has 1 aliphatic heterocycles. The van der Waals surface area contributed by atoms with Crippen LogP contribution in [0.3, 0.4) is 0 Å². The minimum absolute atomic E-state index is 0.0765. The van der Waals surface area contributed by atoms with E-state index in [4.69, 9.17) is 5.73 Å².